The second kappa shape index (κ2) is 9.59. The second-order valence-electron chi connectivity index (χ2n) is 7.05. The van der Waals surface area contributed by atoms with E-state index in [0.717, 1.165) is 40.4 Å². The van der Waals surface area contributed by atoms with Gasteiger partial charge in [0.2, 0.25) is 0 Å². The zero-order chi connectivity index (χ0) is 19.3. The molecule has 1 aromatic rings. The fraction of sp³-hybridized carbons (Fsp3) is 0.429. The van der Waals surface area contributed by atoms with E-state index in [1.807, 2.05) is 18.2 Å². The Labute approximate surface area is 165 Å². The molecular weight excluding hydrogens is 391 g/mol. The summed E-state index contributed by atoms with van der Waals surface area (Å²) in [5.74, 6) is 0.625. The molecule has 2 N–H and O–H groups in total. The molecule has 0 spiro atoms. The van der Waals surface area contributed by atoms with Crippen molar-refractivity contribution in [3.05, 3.63) is 57.6 Å². The third-order valence-corrected chi connectivity index (χ3v) is 5.30. The van der Waals surface area contributed by atoms with E-state index >= 15 is 0 Å². The van der Waals surface area contributed by atoms with Crippen LogP contribution in [0.15, 0.2) is 52.0 Å². The lowest BCUT2D eigenvalue weighted by molar-refractivity contribution is 0.182. The number of hydrogen-bond donors (Lipinski definition) is 2. The number of rotatable bonds is 7. The van der Waals surface area contributed by atoms with Crippen LogP contribution in [-0.2, 0) is 4.65 Å². The van der Waals surface area contributed by atoms with Gasteiger partial charge in [-0.2, -0.15) is 0 Å². The summed E-state index contributed by atoms with van der Waals surface area (Å²) in [7, 11) is -0.744. The van der Waals surface area contributed by atoms with E-state index in [4.69, 9.17) is 4.65 Å². The Morgan fingerprint density at radius 1 is 1.46 bits per heavy atom. The Hall–Kier alpha value is -1.30. The van der Waals surface area contributed by atoms with Gasteiger partial charge in [-0.25, -0.2) is 0 Å². The number of benzene rings is 1. The van der Waals surface area contributed by atoms with Gasteiger partial charge in [0.05, 0.1) is 6.10 Å². The predicted molar refractivity (Wildman–Crippen MR) is 113 cm³/mol. The smallest absolute Gasteiger partial charge is 0.458 e. The number of hydrogen-bond acceptors (Lipinski definition) is 3. The molecule has 1 aliphatic heterocycles. The molecular formula is C21H28BBrO3. The van der Waals surface area contributed by atoms with Gasteiger partial charge >= 0.3 is 7.12 Å². The molecule has 2 rings (SSSR count). The van der Waals surface area contributed by atoms with E-state index in [0.29, 0.717) is 12.2 Å². The average molecular weight is 419 g/mol. The van der Waals surface area contributed by atoms with E-state index in [1.54, 1.807) is 6.07 Å². The molecule has 0 radical (unpaired) electrons. The van der Waals surface area contributed by atoms with E-state index in [-0.39, 0.29) is 11.9 Å². The Kier molecular flexibility index (Phi) is 7.75. The fourth-order valence-corrected chi connectivity index (χ4v) is 3.48. The van der Waals surface area contributed by atoms with Crippen LogP contribution in [-0.4, -0.2) is 23.4 Å². The highest BCUT2D eigenvalue weighted by atomic mass is 79.9. The second-order valence-corrected chi connectivity index (χ2v) is 7.97. The molecule has 3 nitrogen and oxygen atoms in total. The van der Waals surface area contributed by atoms with Crippen LogP contribution in [0.1, 0.15) is 45.6 Å². The molecule has 0 saturated carbocycles. The monoisotopic (exact) mass is 418 g/mol. The first-order valence-corrected chi connectivity index (χ1v) is 10.0. The lowest BCUT2D eigenvalue weighted by atomic mass is 9.76. The Bertz CT molecular complexity index is 709. The summed E-state index contributed by atoms with van der Waals surface area (Å²) in [6, 6.07) is 5.43. The van der Waals surface area contributed by atoms with Gasteiger partial charge in [0.1, 0.15) is 5.75 Å². The number of phenols is 1. The molecule has 1 aromatic carbocycles. The standard InChI is InChI=1S/C21H28BBrO3/c1-5-16(12-17-13-18(23)7-8-20(17)24)6-9-21-19(15(4)14(2)3)10-11-22(25)26-21/h7-8,10,12-14,21,24-25H,4-6,9,11H2,1-3H3/b16-12+. The van der Waals surface area contributed by atoms with Crippen molar-refractivity contribution in [1.29, 1.82) is 0 Å². The SMILES string of the molecule is C=C(C1=CCB(O)OC1CC/C(=C/c1cc(Br)ccc1O)CC)C(C)C. The van der Waals surface area contributed by atoms with E-state index in [9.17, 15) is 10.1 Å². The molecule has 1 aliphatic rings. The van der Waals surface area contributed by atoms with E-state index < -0.39 is 7.12 Å². The topological polar surface area (TPSA) is 49.7 Å². The van der Waals surface area contributed by atoms with Crippen LogP contribution in [0, 0.1) is 5.92 Å². The lowest BCUT2D eigenvalue weighted by Crippen LogP contribution is -2.32. The molecule has 1 heterocycles. The summed E-state index contributed by atoms with van der Waals surface area (Å²) in [5.41, 5.74) is 4.24. The fourth-order valence-electron chi connectivity index (χ4n) is 3.10. The van der Waals surface area contributed by atoms with Gasteiger partial charge in [-0.1, -0.05) is 61.0 Å². The van der Waals surface area contributed by atoms with Crippen LogP contribution < -0.4 is 0 Å². The van der Waals surface area contributed by atoms with Crippen molar-refractivity contribution in [3.63, 3.8) is 0 Å². The van der Waals surface area contributed by atoms with Crippen LogP contribution in [0.4, 0.5) is 0 Å². The summed E-state index contributed by atoms with van der Waals surface area (Å²) in [6.45, 7) is 10.6. The van der Waals surface area contributed by atoms with E-state index in [2.05, 4.69) is 49.4 Å². The molecule has 0 bridgehead atoms. The maximum atomic E-state index is 10.1. The zero-order valence-corrected chi connectivity index (χ0v) is 17.4. The van der Waals surface area contributed by atoms with Crippen LogP contribution >= 0.6 is 15.9 Å². The van der Waals surface area contributed by atoms with Gasteiger partial charge in [0.15, 0.2) is 0 Å². The normalized spacial score (nSPS) is 18.2. The summed E-state index contributed by atoms with van der Waals surface area (Å²) in [4.78, 5) is 0. The number of allylic oxidation sites excluding steroid dienone is 2. The highest BCUT2D eigenvalue weighted by Gasteiger charge is 2.28. The summed E-state index contributed by atoms with van der Waals surface area (Å²) < 4.78 is 6.74. The molecule has 1 atom stereocenters. The lowest BCUT2D eigenvalue weighted by Gasteiger charge is -2.29. The Morgan fingerprint density at radius 3 is 2.85 bits per heavy atom. The first-order chi connectivity index (χ1) is 12.3. The van der Waals surface area contributed by atoms with Crippen LogP contribution in [0.5, 0.6) is 5.75 Å². The van der Waals surface area contributed by atoms with Crippen molar-refractivity contribution < 1.29 is 14.8 Å². The van der Waals surface area contributed by atoms with Gasteiger partial charge in [-0.15, -0.1) is 0 Å². The summed E-state index contributed by atoms with van der Waals surface area (Å²) in [6.07, 6.45) is 6.99. The molecule has 1 unspecified atom stereocenters. The van der Waals surface area contributed by atoms with Crippen molar-refractivity contribution in [2.75, 3.05) is 0 Å². The average Bonchev–Trinajstić information content (AvgIpc) is 2.60. The van der Waals surface area contributed by atoms with Gasteiger partial charge < -0.3 is 14.8 Å². The molecule has 0 aromatic heterocycles. The minimum atomic E-state index is -0.744. The molecule has 5 heteroatoms. The molecule has 26 heavy (non-hydrogen) atoms. The zero-order valence-electron chi connectivity index (χ0n) is 15.8. The number of phenolic OH excluding ortho intramolecular Hbond substituents is 1. The quantitative estimate of drug-likeness (QED) is 0.554. The highest BCUT2D eigenvalue weighted by molar-refractivity contribution is 9.10. The van der Waals surface area contributed by atoms with Crippen LogP contribution in [0.25, 0.3) is 6.08 Å². The molecule has 0 saturated heterocycles. The highest BCUT2D eigenvalue weighted by Crippen LogP contribution is 2.32. The van der Waals surface area contributed by atoms with Gasteiger partial charge in [-0.3, -0.25) is 0 Å². The molecule has 0 fully saturated rings. The Balaban J connectivity index is 2.14. The van der Waals surface area contributed by atoms with Crippen molar-refractivity contribution in [2.45, 2.75) is 52.5 Å². The minimum absolute atomic E-state index is 0.139. The molecule has 0 amide bonds. The largest absolute Gasteiger partial charge is 0.507 e. The minimum Gasteiger partial charge on any atom is -0.507 e. The Morgan fingerprint density at radius 2 is 2.19 bits per heavy atom. The van der Waals surface area contributed by atoms with Crippen molar-refractivity contribution >= 4 is 29.1 Å². The van der Waals surface area contributed by atoms with Gasteiger partial charge in [-0.05, 0) is 54.5 Å². The summed E-state index contributed by atoms with van der Waals surface area (Å²) >= 11 is 3.45. The number of halogens is 1. The first-order valence-electron chi connectivity index (χ1n) is 9.22. The van der Waals surface area contributed by atoms with Gasteiger partial charge in [0.25, 0.3) is 0 Å². The first kappa shape index (κ1) is 21.0. The van der Waals surface area contributed by atoms with Crippen molar-refractivity contribution in [2.24, 2.45) is 5.92 Å². The maximum absolute atomic E-state index is 10.1. The summed E-state index contributed by atoms with van der Waals surface area (Å²) in [5, 5.41) is 20.0. The predicted octanol–water partition coefficient (Wildman–Crippen LogP) is 5.75. The third kappa shape index (κ3) is 5.60. The van der Waals surface area contributed by atoms with Gasteiger partial charge in [0, 0.05) is 16.4 Å². The van der Waals surface area contributed by atoms with Crippen molar-refractivity contribution in [1.82, 2.24) is 0 Å². The van der Waals surface area contributed by atoms with Crippen LogP contribution in [0.3, 0.4) is 0 Å². The van der Waals surface area contributed by atoms with Crippen LogP contribution in [0.2, 0.25) is 6.32 Å². The number of aromatic hydroxyl groups is 1. The maximum Gasteiger partial charge on any atom is 0.458 e. The van der Waals surface area contributed by atoms with E-state index in [1.165, 1.54) is 5.57 Å². The molecule has 140 valence electrons. The van der Waals surface area contributed by atoms with Crippen molar-refractivity contribution in [3.8, 4) is 5.75 Å². The third-order valence-electron chi connectivity index (χ3n) is 4.81. The molecule has 0 aliphatic carbocycles.